The molecule has 23 heavy (non-hydrogen) atoms. The maximum Gasteiger partial charge on any atom is 0.276 e. The third kappa shape index (κ3) is 5.28. The number of amides is 1. The zero-order valence-corrected chi connectivity index (χ0v) is 14.3. The SMILES string of the molecule is Cc1ccc(OCC(=O)NNC2=CC(=O)CC(C)(C)C2)cc1Cl. The summed E-state index contributed by atoms with van der Waals surface area (Å²) in [6, 6.07) is 5.25. The molecular formula is C17H21ClN2O3. The summed E-state index contributed by atoms with van der Waals surface area (Å²) in [7, 11) is 0. The number of nitrogens with one attached hydrogen (secondary N) is 2. The summed E-state index contributed by atoms with van der Waals surface area (Å²) < 4.78 is 5.38. The Bertz CT molecular complexity index is 653. The number of hydrazine groups is 1. The van der Waals surface area contributed by atoms with Crippen LogP contribution in [0.4, 0.5) is 0 Å². The molecule has 0 bridgehead atoms. The number of ketones is 1. The van der Waals surface area contributed by atoms with Crippen molar-refractivity contribution >= 4 is 23.3 Å². The van der Waals surface area contributed by atoms with E-state index < -0.39 is 0 Å². The van der Waals surface area contributed by atoms with E-state index in [2.05, 4.69) is 10.9 Å². The summed E-state index contributed by atoms with van der Waals surface area (Å²) in [6.45, 7) is 5.79. The van der Waals surface area contributed by atoms with Crippen molar-refractivity contribution in [1.82, 2.24) is 10.9 Å². The van der Waals surface area contributed by atoms with Gasteiger partial charge in [0.2, 0.25) is 0 Å². The maximum atomic E-state index is 11.8. The van der Waals surface area contributed by atoms with Crippen molar-refractivity contribution in [3.8, 4) is 5.75 Å². The first-order chi connectivity index (χ1) is 10.7. The Kier molecular flexibility index (Phi) is 5.31. The highest BCUT2D eigenvalue weighted by atomic mass is 35.5. The Morgan fingerprint density at radius 2 is 2.09 bits per heavy atom. The molecule has 0 radical (unpaired) electrons. The lowest BCUT2D eigenvalue weighted by molar-refractivity contribution is -0.124. The molecule has 6 heteroatoms. The van der Waals surface area contributed by atoms with E-state index in [4.69, 9.17) is 16.3 Å². The largest absolute Gasteiger partial charge is 0.484 e. The fourth-order valence-electron chi connectivity index (χ4n) is 2.42. The molecule has 0 saturated heterocycles. The number of benzene rings is 1. The van der Waals surface area contributed by atoms with E-state index in [9.17, 15) is 9.59 Å². The van der Waals surface area contributed by atoms with Crippen LogP contribution >= 0.6 is 11.6 Å². The van der Waals surface area contributed by atoms with E-state index in [-0.39, 0.29) is 23.7 Å². The van der Waals surface area contributed by atoms with Crippen molar-refractivity contribution in [1.29, 1.82) is 0 Å². The molecule has 1 amide bonds. The average molecular weight is 337 g/mol. The summed E-state index contributed by atoms with van der Waals surface area (Å²) in [5, 5.41) is 0.592. The molecule has 2 rings (SSSR count). The van der Waals surface area contributed by atoms with Crippen LogP contribution in [-0.2, 0) is 9.59 Å². The molecule has 1 aromatic rings. The van der Waals surface area contributed by atoms with E-state index in [0.717, 1.165) is 5.56 Å². The Morgan fingerprint density at radius 3 is 2.74 bits per heavy atom. The zero-order chi connectivity index (χ0) is 17.0. The topological polar surface area (TPSA) is 67.4 Å². The van der Waals surface area contributed by atoms with Gasteiger partial charge in [0, 0.05) is 23.2 Å². The minimum Gasteiger partial charge on any atom is -0.484 e. The van der Waals surface area contributed by atoms with E-state index in [1.54, 1.807) is 12.1 Å². The van der Waals surface area contributed by atoms with Gasteiger partial charge in [0.05, 0.1) is 0 Å². The lowest BCUT2D eigenvalue weighted by Gasteiger charge is -2.29. The monoisotopic (exact) mass is 336 g/mol. The fourth-order valence-corrected chi connectivity index (χ4v) is 2.60. The van der Waals surface area contributed by atoms with Crippen LogP contribution in [0.25, 0.3) is 0 Å². The Labute approximate surface area is 141 Å². The minimum absolute atomic E-state index is 0.0588. The third-order valence-electron chi connectivity index (χ3n) is 3.53. The molecular weight excluding hydrogens is 316 g/mol. The van der Waals surface area contributed by atoms with Crippen LogP contribution in [0.5, 0.6) is 5.75 Å². The lowest BCUT2D eigenvalue weighted by Crippen LogP contribution is -2.42. The first-order valence-electron chi connectivity index (χ1n) is 7.42. The second-order valence-corrected chi connectivity index (χ2v) is 6.93. The second-order valence-electron chi connectivity index (χ2n) is 6.53. The van der Waals surface area contributed by atoms with Crippen LogP contribution in [0.3, 0.4) is 0 Å². The lowest BCUT2D eigenvalue weighted by atomic mass is 9.79. The molecule has 0 aliphatic heterocycles. The first kappa shape index (κ1) is 17.3. The molecule has 1 aliphatic carbocycles. The number of carbonyl (C=O) groups excluding carboxylic acids is 2. The van der Waals surface area contributed by atoms with Crippen LogP contribution in [0.2, 0.25) is 5.02 Å². The van der Waals surface area contributed by atoms with Crippen LogP contribution in [0, 0.1) is 12.3 Å². The molecule has 0 aromatic heterocycles. The number of hydrogen-bond acceptors (Lipinski definition) is 4. The first-order valence-corrected chi connectivity index (χ1v) is 7.80. The molecule has 0 unspecified atom stereocenters. The fraction of sp³-hybridized carbons (Fsp3) is 0.412. The molecule has 2 N–H and O–H groups in total. The number of allylic oxidation sites excluding steroid dienone is 2. The molecule has 5 nitrogen and oxygen atoms in total. The number of hydrogen-bond donors (Lipinski definition) is 2. The standard InChI is InChI=1S/C17H21ClN2O3/c1-11-4-5-14(7-15(11)18)23-10-16(22)20-19-12-6-13(21)9-17(2,3)8-12/h4-7,19H,8-10H2,1-3H3,(H,20,22). The highest BCUT2D eigenvalue weighted by molar-refractivity contribution is 6.31. The Morgan fingerprint density at radius 1 is 1.35 bits per heavy atom. The van der Waals surface area contributed by atoms with Gasteiger partial charge in [-0.25, -0.2) is 0 Å². The maximum absolute atomic E-state index is 11.8. The molecule has 124 valence electrons. The Balaban J connectivity index is 1.81. The summed E-state index contributed by atoms with van der Waals surface area (Å²) in [6.07, 6.45) is 2.75. The van der Waals surface area contributed by atoms with Gasteiger partial charge in [-0.1, -0.05) is 31.5 Å². The summed E-state index contributed by atoms with van der Waals surface area (Å²) >= 11 is 6.00. The highest BCUT2D eigenvalue weighted by Crippen LogP contribution is 2.32. The van der Waals surface area contributed by atoms with Gasteiger partial charge < -0.3 is 10.2 Å². The smallest absolute Gasteiger partial charge is 0.276 e. The van der Waals surface area contributed by atoms with E-state index in [1.807, 2.05) is 26.8 Å². The van der Waals surface area contributed by atoms with Crippen molar-refractivity contribution in [3.05, 3.63) is 40.6 Å². The number of rotatable bonds is 5. The van der Waals surface area contributed by atoms with Gasteiger partial charge in [-0.3, -0.25) is 15.0 Å². The number of aryl methyl sites for hydroxylation is 1. The molecule has 0 heterocycles. The zero-order valence-electron chi connectivity index (χ0n) is 13.5. The van der Waals surface area contributed by atoms with Crippen LogP contribution in [0.1, 0.15) is 32.3 Å². The van der Waals surface area contributed by atoms with Crippen molar-refractivity contribution in [3.63, 3.8) is 0 Å². The second kappa shape index (κ2) is 7.04. The molecule has 0 fully saturated rings. The molecule has 1 aliphatic rings. The van der Waals surface area contributed by atoms with Gasteiger partial charge in [-0.15, -0.1) is 0 Å². The van der Waals surface area contributed by atoms with E-state index in [0.29, 0.717) is 29.3 Å². The van der Waals surface area contributed by atoms with Crippen molar-refractivity contribution in [2.24, 2.45) is 5.41 Å². The van der Waals surface area contributed by atoms with Crippen LogP contribution in [0.15, 0.2) is 30.0 Å². The predicted molar refractivity (Wildman–Crippen MR) is 89.1 cm³/mol. The molecule has 1 aromatic carbocycles. The average Bonchev–Trinajstić information content (AvgIpc) is 2.44. The summed E-state index contributed by atoms with van der Waals surface area (Å²) in [5.74, 6) is 0.255. The van der Waals surface area contributed by atoms with Crippen molar-refractivity contribution in [2.75, 3.05) is 6.61 Å². The van der Waals surface area contributed by atoms with Gasteiger partial charge in [0.1, 0.15) is 5.75 Å². The summed E-state index contributed by atoms with van der Waals surface area (Å²) in [4.78, 5) is 23.4. The van der Waals surface area contributed by atoms with Gasteiger partial charge in [0.15, 0.2) is 12.4 Å². The molecule has 0 spiro atoms. The van der Waals surface area contributed by atoms with Crippen LogP contribution < -0.4 is 15.6 Å². The minimum atomic E-state index is -0.335. The summed E-state index contributed by atoms with van der Waals surface area (Å²) in [5.41, 5.74) is 6.89. The molecule has 0 atom stereocenters. The Hall–Kier alpha value is -2.01. The van der Waals surface area contributed by atoms with Crippen molar-refractivity contribution in [2.45, 2.75) is 33.6 Å². The molecule has 0 saturated carbocycles. The normalized spacial score (nSPS) is 16.5. The van der Waals surface area contributed by atoms with Gasteiger partial charge in [0.25, 0.3) is 5.91 Å². The highest BCUT2D eigenvalue weighted by Gasteiger charge is 2.27. The van der Waals surface area contributed by atoms with E-state index in [1.165, 1.54) is 6.08 Å². The predicted octanol–water partition coefficient (Wildman–Crippen LogP) is 2.92. The third-order valence-corrected chi connectivity index (χ3v) is 3.94. The van der Waals surface area contributed by atoms with Crippen LogP contribution in [-0.4, -0.2) is 18.3 Å². The quantitative estimate of drug-likeness (QED) is 0.811. The number of carbonyl (C=O) groups is 2. The van der Waals surface area contributed by atoms with E-state index >= 15 is 0 Å². The van der Waals surface area contributed by atoms with Gasteiger partial charge in [-0.2, -0.15) is 0 Å². The number of ether oxygens (including phenoxy) is 1. The van der Waals surface area contributed by atoms with Gasteiger partial charge in [-0.05, 0) is 36.5 Å². The number of halogens is 1. The van der Waals surface area contributed by atoms with Gasteiger partial charge >= 0.3 is 0 Å². The van der Waals surface area contributed by atoms with Crippen molar-refractivity contribution < 1.29 is 14.3 Å².